The van der Waals surface area contributed by atoms with E-state index in [1.807, 2.05) is 46.8 Å². The Balaban J connectivity index is 1.68. The molecule has 0 N–H and O–H groups in total. The molecule has 4 rings (SSSR count). The van der Waals surface area contributed by atoms with E-state index in [4.69, 9.17) is 16.6 Å². The van der Waals surface area contributed by atoms with E-state index in [-0.39, 0.29) is 5.91 Å². The van der Waals surface area contributed by atoms with E-state index in [2.05, 4.69) is 16.9 Å². The lowest BCUT2D eigenvalue weighted by Gasteiger charge is -2.20. The lowest BCUT2D eigenvalue weighted by molar-refractivity contribution is 0.0762. The number of nitrogens with zero attached hydrogens (tertiary/aromatic N) is 5. The van der Waals surface area contributed by atoms with Crippen molar-refractivity contribution >= 4 is 28.7 Å². The van der Waals surface area contributed by atoms with Gasteiger partial charge in [-0.15, -0.1) is 0 Å². The van der Waals surface area contributed by atoms with Crippen molar-refractivity contribution in [3.8, 4) is 11.4 Å². The van der Waals surface area contributed by atoms with Crippen molar-refractivity contribution < 1.29 is 4.79 Å². The molecule has 2 aromatic heterocycles. The van der Waals surface area contributed by atoms with E-state index < -0.39 is 0 Å². The van der Waals surface area contributed by atoms with Crippen molar-refractivity contribution in [3.63, 3.8) is 0 Å². The van der Waals surface area contributed by atoms with Crippen molar-refractivity contribution in [1.82, 2.24) is 24.3 Å². The van der Waals surface area contributed by atoms with Crippen LogP contribution >= 0.6 is 11.6 Å². The number of fused-ring (bicyclic) bond motifs is 1. The van der Waals surface area contributed by atoms with Crippen LogP contribution in [0.1, 0.15) is 16.8 Å². The fraction of sp³-hybridized carbons (Fsp3) is 0.350. The third-order valence-electron chi connectivity index (χ3n) is 5.08. The molecule has 1 fully saturated rings. The quantitative estimate of drug-likeness (QED) is 0.682. The lowest BCUT2D eigenvalue weighted by atomic mass is 10.2. The summed E-state index contributed by atoms with van der Waals surface area (Å²) in [6.07, 6.45) is 2.63. The molecule has 3 aromatic rings. The van der Waals surface area contributed by atoms with E-state index >= 15 is 0 Å². The minimum Gasteiger partial charge on any atom is -0.337 e. The summed E-state index contributed by atoms with van der Waals surface area (Å²) in [4.78, 5) is 26.3. The van der Waals surface area contributed by atoms with Gasteiger partial charge in [-0.1, -0.05) is 23.7 Å². The van der Waals surface area contributed by atoms with Gasteiger partial charge in [-0.3, -0.25) is 4.79 Å². The highest BCUT2D eigenvalue weighted by Crippen LogP contribution is 2.29. The zero-order valence-corrected chi connectivity index (χ0v) is 16.3. The fourth-order valence-electron chi connectivity index (χ4n) is 3.51. The number of benzene rings is 1. The first-order valence-electron chi connectivity index (χ1n) is 9.10. The van der Waals surface area contributed by atoms with E-state index in [1.165, 1.54) is 0 Å². The molecule has 3 heterocycles. The smallest absolute Gasteiger partial charge is 0.255 e. The van der Waals surface area contributed by atoms with Gasteiger partial charge < -0.3 is 14.4 Å². The minimum atomic E-state index is 0.0182. The van der Waals surface area contributed by atoms with Crippen LogP contribution in [0.3, 0.4) is 0 Å². The Morgan fingerprint density at radius 1 is 1.11 bits per heavy atom. The normalized spacial score (nSPS) is 15.9. The van der Waals surface area contributed by atoms with Crippen molar-refractivity contribution in [2.45, 2.75) is 6.42 Å². The van der Waals surface area contributed by atoms with E-state index in [9.17, 15) is 4.79 Å². The number of rotatable bonds is 2. The summed E-state index contributed by atoms with van der Waals surface area (Å²) in [6, 6.07) is 9.43. The molecule has 1 aromatic carbocycles. The van der Waals surface area contributed by atoms with Gasteiger partial charge in [0, 0.05) is 38.4 Å². The standard InChI is InChI=1S/C20H22ClN5O/c1-24-8-5-9-26(11-10-24)20(27)14-12-17-19(22-13-14)25(2)18(23-17)15-6-3-4-7-16(15)21/h3-4,6-7,12-13H,5,8-11H2,1-2H3. The summed E-state index contributed by atoms with van der Waals surface area (Å²) in [6.45, 7) is 3.42. The summed E-state index contributed by atoms with van der Waals surface area (Å²) < 4.78 is 1.91. The number of aromatic nitrogens is 3. The first-order valence-corrected chi connectivity index (χ1v) is 9.47. The third-order valence-corrected chi connectivity index (χ3v) is 5.41. The molecule has 0 saturated carbocycles. The Morgan fingerprint density at radius 3 is 2.74 bits per heavy atom. The lowest BCUT2D eigenvalue weighted by Crippen LogP contribution is -2.34. The topological polar surface area (TPSA) is 54.3 Å². The third kappa shape index (κ3) is 3.42. The van der Waals surface area contributed by atoms with Crippen LogP contribution < -0.4 is 0 Å². The summed E-state index contributed by atoms with van der Waals surface area (Å²) in [5.74, 6) is 0.758. The molecule has 7 heteroatoms. The van der Waals surface area contributed by atoms with Crippen LogP contribution in [0, 0.1) is 0 Å². The van der Waals surface area contributed by atoms with Crippen LogP contribution in [0.15, 0.2) is 36.5 Å². The highest BCUT2D eigenvalue weighted by atomic mass is 35.5. The van der Waals surface area contributed by atoms with E-state index in [1.54, 1.807) is 6.20 Å². The number of hydrogen-bond acceptors (Lipinski definition) is 4. The first kappa shape index (κ1) is 17.9. The van der Waals surface area contributed by atoms with Crippen LogP contribution in [-0.4, -0.2) is 63.5 Å². The van der Waals surface area contributed by atoms with Gasteiger partial charge in [0.25, 0.3) is 5.91 Å². The fourth-order valence-corrected chi connectivity index (χ4v) is 3.73. The van der Waals surface area contributed by atoms with Gasteiger partial charge >= 0.3 is 0 Å². The Hall–Kier alpha value is -2.44. The largest absolute Gasteiger partial charge is 0.337 e. The molecule has 27 heavy (non-hydrogen) atoms. The summed E-state index contributed by atoms with van der Waals surface area (Å²) in [5, 5.41) is 0.640. The molecule has 0 spiro atoms. The van der Waals surface area contributed by atoms with E-state index in [0.717, 1.165) is 49.6 Å². The number of aryl methyl sites for hydroxylation is 1. The molecule has 1 saturated heterocycles. The molecule has 0 atom stereocenters. The molecule has 140 valence electrons. The molecule has 1 aliphatic heterocycles. The molecule has 1 aliphatic rings. The van der Waals surface area contributed by atoms with Gasteiger partial charge in [0.1, 0.15) is 11.3 Å². The van der Waals surface area contributed by atoms with Crippen molar-refractivity contribution in [3.05, 3.63) is 47.1 Å². The number of imidazole rings is 1. The van der Waals surface area contributed by atoms with Crippen LogP contribution in [0.5, 0.6) is 0 Å². The van der Waals surface area contributed by atoms with Crippen molar-refractivity contribution in [2.24, 2.45) is 7.05 Å². The number of likely N-dealkylation sites (N-methyl/N-ethyl adjacent to an activating group) is 1. The summed E-state index contributed by atoms with van der Waals surface area (Å²) in [5.41, 5.74) is 2.86. The van der Waals surface area contributed by atoms with Gasteiger partial charge in [0.15, 0.2) is 5.65 Å². The first-order chi connectivity index (χ1) is 13.0. The second-order valence-corrected chi connectivity index (χ2v) is 7.40. The molecule has 0 aliphatic carbocycles. The molecule has 0 bridgehead atoms. The minimum absolute atomic E-state index is 0.0182. The Morgan fingerprint density at radius 2 is 1.93 bits per heavy atom. The molecule has 0 unspecified atom stereocenters. The Kier molecular flexibility index (Phi) is 4.85. The summed E-state index contributed by atoms with van der Waals surface area (Å²) >= 11 is 6.33. The number of halogens is 1. The van der Waals surface area contributed by atoms with Crippen LogP contribution in [0.25, 0.3) is 22.6 Å². The predicted molar refractivity (Wildman–Crippen MR) is 107 cm³/mol. The maximum Gasteiger partial charge on any atom is 0.255 e. The van der Waals surface area contributed by atoms with Crippen LogP contribution in [-0.2, 0) is 7.05 Å². The highest BCUT2D eigenvalue weighted by molar-refractivity contribution is 6.33. The maximum absolute atomic E-state index is 12.9. The second kappa shape index (κ2) is 7.29. The molecule has 0 radical (unpaired) electrons. The molecule has 1 amide bonds. The average Bonchev–Trinajstić information content (AvgIpc) is 2.84. The number of carbonyl (C=O) groups excluding carboxylic acids is 1. The SMILES string of the molecule is CN1CCCN(C(=O)c2cnc3c(c2)nc(-c2ccccc2Cl)n3C)CC1. The predicted octanol–water partition coefficient (Wildman–Crippen LogP) is 3.07. The number of hydrogen-bond donors (Lipinski definition) is 0. The average molecular weight is 384 g/mol. The molecular weight excluding hydrogens is 362 g/mol. The molecular formula is C20H22ClN5O. The summed E-state index contributed by atoms with van der Waals surface area (Å²) in [7, 11) is 4.00. The van der Waals surface area contributed by atoms with Crippen molar-refractivity contribution in [1.29, 1.82) is 0 Å². The number of amides is 1. The van der Waals surface area contributed by atoms with Gasteiger partial charge in [-0.05, 0) is 38.2 Å². The van der Waals surface area contributed by atoms with Gasteiger partial charge in [-0.2, -0.15) is 0 Å². The Bertz CT molecular complexity index is 999. The Labute approximate surface area is 163 Å². The number of carbonyl (C=O) groups is 1. The van der Waals surface area contributed by atoms with Gasteiger partial charge in [0.05, 0.1) is 10.6 Å². The highest BCUT2D eigenvalue weighted by Gasteiger charge is 2.21. The monoisotopic (exact) mass is 383 g/mol. The molecule has 6 nitrogen and oxygen atoms in total. The van der Waals surface area contributed by atoms with Crippen molar-refractivity contribution in [2.75, 3.05) is 33.2 Å². The van der Waals surface area contributed by atoms with Crippen LogP contribution in [0.2, 0.25) is 5.02 Å². The van der Waals surface area contributed by atoms with Gasteiger partial charge in [-0.25, -0.2) is 9.97 Å². The zero-order valence-electron chi connectivity index (χ0n) is 15.5. The van der Waals surface area contributed by atoms with Gasteiger partial charge in [0.2, 0.25) is 0 Å². The van der Waals surface area contributed by atoms with E-state index in [0.29, 0.717) is 16.1 Å². The zero-order chi connectivity index (χ0) is 19.0. The maximum atomic E-state index is 12.9. The second-order valence-electron chi connectivity index (χ2n) is 6.99. The number of pyridine rings is 1. The van der Waals surface area contributed by atoms with Crippen LogP contribution in [0.4, 0.5) is 0 Å².